The molecule has 1 aromatic rings. The van der Waals surface area contributed by atoms with Crippen molar-refractivity contribution in [3.05, 3.63) is 36.2 Å². The Kier molecular flexibility index (Phi) is 6.48. The second-order valence-electron chi connectivity index (χ2n) is 9.34. The molecule has 0 radical (unpaired) electrons. The van der Waals surface area contributed by atoms with Gasteiger partial charge in [0.15, 0.2) is 18.4 Å². The zero-order chi connectivity index (χ0) is 25.4. The van der Waals surface area contributed by atoms with Crippen LogP contribution >= 0.6 is 0 Å². The molecule has 0 spiro atoms. The number of aromatic nitrogens is 3. The Morgan fingerprint density at radius 2 is 1.75 bits per heavy atom. The van der Waals surface area contributed by atoms with Crippen LogP contribution in [0, 0.1) is 11.8 Å². The van der Waals surface area contributed by atoms with E-state index in [0.29, 0.717) is 37.7 Å². The van der Waals surface area contributed by atoms with Crippen LogP contribution in [0.3, 0.4) is 0 Å². The molecule has 13 heteroatoms. The standard InChI is InChI=1S/C23H27N5O8/c1-27-8-2-3-14(9-27)21(30)33-10-15-16(35-22(31)12-4-5-12)17(36-23(32)13-6-7-13)20(34-15)28-11-25-19(26-28)18(24)29/h2,8-9,11-13,15-17,20H,3-7,10H2,1H3,(H2,24,29)/t15-,16-,17-,20-/m1/s1. The van der Waals surface area contributed by atoms with Crippen molar-refractivity contribution < 1.29 is 38.1 Å². The summed E-state index contributed by atoms with van der Waals surface area (Å²) in [6, 6.07) is 0. The Morgan fingerprint density at radius 1 is 1.08 bits per heavy atom. The summed E-state index contributed by atoms with van der Waals surface area (Å²) in [6.45, 7) is -0.266. The normalized spacial score (nSPS) is 27.4. The lowest BCUT2D eigenvalue weighted by Gasteiger charge is -2.24. The van der Waals surface area contributed by atoms with Gasteiger partial charge in [0.25, 0.3) is 5.91 Å². The van der Waals surface area contributed by atoms with Crippen molar-refractivity contribution in [1.29, 1.82) is 0 Å². The van der Waals surface area contributed by atoms with Crippen LogP contribution < -0.4 is 5.73 Å². The Morgan fingerprint density at radius 3 is 2.33 bits per heavy atom. The van der Waals surface area contributed by atoms with Crippen LogP contribution in [0.1, 0.15) is 49.0 Å². The molecular formula is C23H27N5O8. The first-order valence-electron chi connectivity index (χ1n) is 11.8. The molecule has 192 valence electrons. The van der Waals surface area contributed by atoms with E-state index in [1.165, 1.54) is 11.0 Å². The molecule has 2 aliphatic heterocycles. The van der Waals surface area contributed by atoms with E-state index in [0.717, 1.165) is 0 Å². The fourth-order valence-corrected chi connectivity index (χ4v) is 4.01. The zero-order valence-electron chi connectivity index (χ0n) is 19.6. The van der Waals surface area contributed by atoms with E-state index in [1.807, 2.05) is 12.3 Å². The molecule has 2 N–H and O–H groups in total. The fraction of sp³-hybridized carbons (Fsp3) is 0.565. The Labute approximate surface area is 206 Å². The first-order valence-corrected chi connectivity index (χ1v) is 11.8. The largest absolute Gasteiger partial charge is 0.459 e. The first-order chi connectivity index (χ1) is 17.3. The summed E-state index contributed by atoms with van der Waals surface area (Å²) in [7, 11) is 1.79. The summed E-state index contributed by atoms with van der Waals surface area (Å²) in [5.41, 5.74) is 5.71. The molecule has 5 rings (SSSR count). The third kappa shape index (κ3) is 5.25. The van der Waals surface area contributed by atoms with Crippen molar-refractivity contribution in [3.63, 3.8) is 0 Å². The van der Waals surface area contributed by atoms with Gasteiger partial charge in [0.2, 0.25) is 5.82 Å². The number of nitrogens with two attached hydrogens (primary N) is 1. The third-order valence-electron chi connectivity index (χ3n) is 6.28. The minimum absolute atomic E-state index is 0.227. The lowest BCUT2D eigenvalue weighted by Crippen LogP contribution is -2.42. The highest BCUT2D eigenvalue weighted by Gasteiger charge is 2.53. The molecule has 36 heavy (non-hydrogen) atoms. The monoisotopic (exact) mass is 501 g/mol. The molecule has 1 aromatic heterocycles. The van der Waals surface area contributed by atoms with Gasteiger partial charge in [-0.1, -0.05) is 6.08 Å². The molecule has 4 aliphatic rings. The van der Waals surface area contributed by atoms with E-state index in [1.54, 1.807) is 18.1 Å². The number of esters is 3. The van der Waals surface area contributed by atoms with Crippen LogP contribution in [0.4, 0.5) is 0 Å². The number of carbonyl (C=O) groups is 4. The van der Waals surface area contributed by atoms with Crippen molar-refractivity contribution >= 4 is 23.8 Å². The Balaban J connectivity index is 1.37. The maximum atomic E-state index is 12.7. The minimum Gasteiger partial charge on any atom is -0.459 e. The second-order valence-corrected chi connectivity index (χ2v) is 9.34. The smallest absolute Gasteiger partial charge is 0.335 e. The van der Waals surface area contributed by atoms with Crippen LogP contribution in [0.15, 0.2) is 30.4 Å². The van der Waals surface area contributed by atoms with Crippen LogP contribution in [-0.2, 0) is 33.3 Å². The number of hydrogen-bond acceptors (Lipinski definition) is 11. The number of ether oxygens (including phenoxy) is 4. The average molecular weight is 501 g/mol. The highest BCUT2D eigenvalue weighted by Crippen LogP contribution is 2.39. The van der Waals surface area contributed by atoms with Gasteiger partial charge in [0, 0.05) is 19.7 Å². The van der Waals surface area contributed by atoms with Gasteiger partial charge in [-0.25, -0.2) is 14.5 Å². The lowest BCUT2D eigenvalue weighted by molar-refractivity contribution is -0.171. The Bertz CT molecular complexity index is 1120. The van der Waals surface area contributed by atoms with Crippen molar-refractivity contribution in [2.75, 3.05) is 13.7 Å². The van der Waals surface area contributed by atoms with Crippen LogP contribution in [0.25, 0.3) is 0 Å². The zero-order valence-corrected chi connectivity index (χ0v) is 19.6. The van der Waals surface area contributed by atoms with Gasteiger partial charge in [0.1, 0.15) is 19.0 Å². The molecule has 4 atom stereocenters. The Hall–Kier alpha value is -3.74. The van der Waals surface area contributed by atoms with Crippen molar-refractivity contribution in [3.8, 4) is 0 Å². The van der Waals surface area contributed by atoms with Crippen LogP contribution in [0.2, 0.25) is 0 Å². The van der Waals surface area contributed by atoms with Crippen molar-refractivity contribution in [2.24, 2.45) is 17.6 Å². The number of carbonyl (C=O) groups excluding carboxylic acids is 4. The quantitative estimate of drug-likeness (QED) is 0.363. The predicted molar refractivity (Wildman–Crippen MR) is 118 cm³/mol. The predicted octanol–water partition coefficient (Wildman–Crippen LogP) is 0.194. The van der Waals surface area contributed by atoms with Gasteiger partial charge in [-0.15, -0.1) is 5.10 Å². The molecule has 2 saturated carbocycles. The van der Waals surface area contributed by atoms with Crippen LogP contribution in [-0.4, -0.2) is 75.4 Å². The number of hydrogen-bond donors (Lipinski definition) is 1. The number of amides is 1. The van der Waals surface area contributed by atoms with Crippen LogP contribution in [0.5, 0.6) is 0 Å². The number of allylic oxidation sites excluding steroid dienone is 1. The van der Waals surface area contributed by atoms with E-state index in [2.05, 4.69) is 10.1 Å². The van der Waals surface area contributed by atoms with Crippen molar-refractivity contribution in [1.82, 2.24) is 19.7 Å². The van der Waals surface area contributed by atoms with Gasteiger partial charge in [-0.05, 0) is 31.9 Å². The van der Waals surface area contributed by atoms with Gasteiger partial charge in [-0.3, -0.25) is 14.4 Å². The molecule has 0 bridgehead atoms. The number of primary amides is 1. The minimum atomic E-state index is -1.10. The highest BCUT2D eigenvalue weighted by atomic mass is 16.7. The SMILES string of the molecule is CN1C=CCC(C(=O)OC[C@H]2O[C@@H](n3cnc(C(N)=O)n3)[C@H](OC(=O)C3CC3)[C@@H]2OC(=O)C2CC2)=C1. The third-order valence-corrected chi connectivity index (χ3v) is 6.28. The van der Waals surface area contributed by atoms with E-state index in [-0.39, 0.29) is 24.3 Å². The number of nitrogens with zero attached hydrogens (tertiary/aromatic N) is 4. The first kappa shape index (κ1) is 24.0. The van der Waals surface area contributed by atoms with E-state index in [4.69, 9.17) is 24.7 Å². The molecule has 0 unspecified atom stereocenters. The topological polar surface area (TPSA) is 165 Å². The fourth-order valence-electron chi connectivity index (χ4n) is 4.01. The molecule has 1 amide bonds. The molecule has 0 aromatic carbocycles. The summed E-state index contributed by atoms with van der Waals surface area (Å²) in [6.07, 6.45) is 5.55. The highest BCUT2D eigenvalue weighted by molar-refractivity contribution is 5.89. The molecule has 3 heterocycles. The van der Waals surface area contributed by atoms with E-state index in [9.17, 15) is 19.2 Å². The summed E-state index contributed by atoms with van der Waals surface area (Å²) in [5, 5.41) is 4.03. The van der Waals surface area contributed by atoms with Crippen molar-refractivity contribution in [2.45, 2.75) is 56.6 Å². The molecule has 1 saturated heterocycles. The van der Waals surface area contributed by atoms with Gasteiger partial charge in [-0.2, -0.15) is 0 Å². The average Bonchev–Trinajstić information content (AvgIpc) is 3.78. The van der Waals surface area contributed by atoms with Gasteiger partial charge >= 0.3 is 17.9 Å². The molecule has 13 nitrogen and oxygen atoms in total. The maximum absolute atomic E-state index is 12.7. The lowest BCUT2D eigenvalue weighted by atomic mass is 10.1. The summed E-state index contributed by atoms with van der Waals surface area (Å²) < 4.78 is 24.2. The number of rotatable bonds is 9. The molecule has 3 fully saturated rings. The second kappa shape index (κ2) is 9.72. The summed E-state index contributed by atoms with van der Waals surface area (Å²) in [4.78, 5) is 55.0. The molecular weight excluding hydrogens is 474 g/mol. The summed E-state index contributed by atoms with van der Waals surface area (Å²) in [5.74, 6) is -3.00. The van der Waals surface area contributed by atoms with E-state index >= 15 is 0 Å². The van der Waals surface area contributed by atoms with Gasteiger partial charge in [0.05, 0.1) is 17.4 Å². The van der Waals surface area contributed by atoms with E-state index < -0.39 is 48.4 Å². The van der Waals surface area contributed by atoms with Gasteiger partial charge < -0.3 is 29.6 Å². The summed E-state index contributed by atoms with van der Waals surface area (Å²) >= 11 is 0. The maximum Gasteiger partial charge on any atom is 0.335 e. The molecule has 2 aliphatic carbocycles.